The quantitative estimate of drug-likeness (QED) is 0.0329. The Morgan fingerprint density at radius 1 is 0.265 bits per heavy atom. The van der Waals surface area contributed by atoms with Crippen LogP contribution in [0, 0.1) is 11.8 Å². The second-order valence-corrected chi connectivity index (χ2v) is 37.3. The number of unbranched alkanes of at least 4 members (excludes halogenated alkanes) is 57. The number of nitrogens with zero attached hydrogens (tertiary/aromatic N) is 6. The van der Waals surface area contributed by atoms with Gasteiger partial charge in [-0.3, -0.25) is 19.3 Å². The molecule has 117 heavy (non-hydrogen) atoms. The summed E-state index contributed by atoms with van der Waals surface area (Å²) in [6.07, 6.45) is 95.1. The van der Waals surface area contributed by atoms with Crippen LogP contribution < -0.4 is 0 Å². The number of rotatable bonds is 88. The van der Waals surface area contributed by atoms with Crippen molar-refractivity contribution in [2.24, 2.45) is 11.8 Å². The van der Waals surface area contributed by atoms with Gasteiger partial charge >= 0.3 is 18.0 Å². The first-order valence-electron chi connectivity index (χ1n) is 52.8. The molecule has 2 atom stereocenters. The van der Waals surface area contributed by atoms with Crippen molar-refractivity contribution >= 4 is 23.9 Å². The molecule has 0 radical (unpaired) electrons. The van der Waals surface area contributed by atoms with E-state index in [9.17, 15) is 19.2 Å². The van der Waals surface area contributed by atoms with E-state index in [2.05, 4.69) is 66.0 Å². The maximum absolute atomic E-state index is 14.3. The lowest BCUT2D eigenvalue weighted by Gasteiger charge is -2.36. The highest BCUT2D eigenvalue weighted by Gasteiger charge is 2.28. The molecule has 694 valence electrons. The zero-order valence-electron chi connectivity index (χ0n) is 80.3. The van der Waals surface area contributed by atoms with Crippen LogP contribution in [0.5, 0.6) is 0 Å². The van der Waals surface area contributed by atoms with Crippen molar-refractivity contribution in [2.45, 2.75) is 510 Å². The molecule has 2 aliphatic rings. The highest BCUT2D eigenvalue weighted by atomic mass is 16.6. The summed E-state index contributed by atoms with van der Waals surface area (Å²) in [4.78, 5) is 64.7. The van der Waals surface area contributed by atoms with Crippen molar-refractivity contribution < 1.29 is 33.4 Å². The molecule has 2 unspecified atom stereocenters. The number of carbonyl (C=O) groups is 4. The number of hydrogen-bond acceptors (Lipinski definition) is 11. The maximum Gasteiger partial charge on any atom is 0.409 e. The molecule has 2 saturated heterocycles. The Labute approximate surface area is 730 Å². The van der Waals surface area contributed by atoms with E-state index in [4.69, 9.17) is 14.2 Å². The monoisotopic (exact) mass is 1650 g/mol. The molecule has 0 bridgehead atoms. The zero-order chi connectivity index (χ0) is 84.7. The fraction of sp³-hybridized carbons (Fsp3) is 0.962. The van der Waals surface area contributed by atoms with E-state index in [1.165, 1.54) is 478 Å². The molecule has 2 rings (SSSR count). The molecule has 13 heteroatoms. The highest BCUT2D eigenvalue weighted by molar-refractivity contribution is 5.78. The first-order valence-corrected chi connectivity index (χ1v) is 52.8. The van der Waals surface area contributed by atoms with Crippen molar-refractivity contribution in [1.82, 2.24) is 29.4 Å². The van der Waals surface area contributed by atoms with Gasteiger partial charge in [0.25, 0.3) is 0 Å². The number of ether oxygens (including phenoxy) is 3. The summed E-state index contributed by atoms with van der Waals surface area (Å²) in [5.41, 5.74) is 0. The predicted molar refractivity (Wildman–Crippen MR) is 507 cm³/mol. The number of esters is 2. The Balaban J connectivity index is 0.00000130. The standard InChI is InChI=1S/C65H130N4O3.C39H76N2O4/c1-6-10-14-18-22-23-24-25-28-34-39-43-52-66(53-44-40-35-29-26-27-30-36-42-50-65(71)72-5)58-51-63-49-48-57-69(61-63)64(70)62-68(56-47-41-33-21-17-13-9-4)60-59-67(54-45-37-31-19-15-11-7-2)55-46-38-32-20-16-12-8-3;1-4-6-8-9-10-11-12-13-16-19-22-25-31-40(32-26-23-20-17-14-15-18-21-24-29-38(42)44-3)34-30-37-28-27-33-41(36-37)39(43)45-35-7-5-2/h63H,6-62H2,1-5H3;37H,4-36H2,1-3H3. The fourth-order valence-electron chi connectivity index (χ4n) is 18.1. The third kappa shape index (κ3) is 75.8. The topological polar surface area (TPSA) is 115 Å². The van der Waals surface area contributed by atoms with Crippen LogP contribution in [-0.2, 0) is 28.6 Å². The van der Waals surface area contributed by atoms with Gasteiger partial charge in [-0.05, 0) is 173 Å². The molecule has 2 aliphatic heterocycles. The van der Waals surface area contributed by atoms with Gasteiger partial charge in [0.05, 0.1) is 27.4 Å². The molecule has 2 fully saturated rings. The number of likely N-dealkylation sites (tertiary alicyclic amines) is 2. The molecular formula is C104H206N6O7. The van der Waals surface area contributed by atoms with Gasteiger partial charge in [0.1, 0.15) is 0 Å². The molecular weight excluding hydrogens is 1450 g/mol. The van der Waals surface area contributed by atoms with Gasteiger partial charge in [0.15, 0.2) is 0 Å². The Kier molecular flexibility index (Phi) is 86.4. The fourth-order valence-corrected chi connectivity index (χ4v) is 18.1. The predicted octanol–water partition coefficient (Wildman–Crippen LogP) is 29.7. The second-order valence-electron chi connectivity index (χ2n) is 37.3. The third-order valence-electron chi connectivity index (χ3n) is 26.2. The molecule has 0 N–H and O–H groups in total. The zero-order valence-corrected chi connectivity index (χ0v) is 80.3. The molecule has 2 heterocycles. The van der Waals surface area contributed by atoms with Crippen LogP contribution >= 0.6 is 0 Å². The summed E-state index contributed by atoms with van der Waals surface area (Å²) in [6.45, 7) is 31.5. The van der Waals surface area contributed by atoms with Gasteiger partial charge in [-0.2, -0.15) is 0 Å². The number of carbonyl (C=O) groups excluding carboxylic acids is 4. The summed E-state index contributed by atoms with van der Waals surface area (Å²) in [7, 11) is 2.96. The van der Waals surface area contributed by atoms with Crippen LogP contribution in [0.3, 0.4) is 0 Å². The van der Waals surface area contributed by atoms with E-state index >= 15 is 0 Å². The third-order valence-corrected chi connectivity index (χ3v) is 26.2. The molecule has 0 aromatic rings. The van der Waals surface area contributed by atoms with Crippen LogP contribution in [0.1, 0.15) is 510 Å². The average Bonchev–Trinajstić information content (AvgIpc) is 0.880. The van der Waals surface area contributed by atoms with Crippen molar-refractivity contribution in [3.63, 3.8) is 0 Å². The van der Waals surface area contributed by atoms with Gasteiger partial charge in [0.2, 0.25) is 5.91 Å². The van der Waals surface area contributed by atoms with Gasteiger partial charge in [-0.25, -0.2) is 4.79 Å². The van der Waals surface area contributed by atoms with Crippen molar-refractivity contribution in [1.29, 1.82) is 0 Å². The molecule has 0 aliphatic carbocycles. The van der Waals surface area contributed by atoms with Crippen LogP contribution in [0.15, 0.2) is 0 Å². The highest BCUT2D eigenvalue weighted by Crippen LogP contribution is 2.26. The minimum Gasteiger partial charge on any atom is -0.469 e. The normalized spacial score (nSPS) is 14.5. The SMILES string of the molecule is CCCCCCCCCCCCCCN(CCCCCCCCCCCC(=O)OC)CCC1CCCN(C(=O)CN(CCCCCCCCC)CCN(CCCCCCCCC)CCCCCCCCC)C1.CCCCCCCCCCCCCCN(CCCCCCCCCCCC(=O)OC)CCC1CCCN(C(=O)OCCCC)C1. The van der Waals surface area contributed by atoms with Crippen LogP contribution in [0.4, 0.5) is 4.79 Å². The van der Waals surface area contributed by atoms with Crippen LogP contribution in [0.25, 0.3) is 0 Å². The number of hydrogen-bond donors (Lipinski definition) is 0. The van der Waals surface area contributed by atoms with Crippen LogP contribution in [0.2, 0.25) is 0 Å². The number of methoxy groups -OCH3 is 2. The van der Waals surface area contributed by atoms with E-state index in [1.54, 1.807) is 0 Å². The lowest BCUT2D eigenvalue weighted by Crippen LogP contribution is -2.47. The summed E-state index contributed by atoms with van der Waals surface area (Å²) in [5, 5.41) is 0. The Morgan fingerprint density at radius 3 is 0.778 bits per heavy atom. The molecule has 2 amide bonds. The summed E-state index contributed by atoms with van der Waals surface area (Å²) >= 11 is 0. The van der Waals surface area contributed by atoms with E-state index < -0.39 is 0 Å². The average molecular weight is 1650 g/mol. The molecule has 0 saturated carbocycles. The Morgan fingerprint density at radius 2 is 0.496 bits per heavy atom. The van der Waals surface area contributed by atoms with E-state index in [-0.39, 0.29) is 18.0 Å². The summed E-state index contributed by atoms with van der Waals surface area (Å²) < 4.78 is 15.0. The first-order chi connectivity index (χ1) is 57.6. The molecule has 0 spiro atoms. The van der Waals surface area contributed by atoms with Crippen LogP contribution in [-0.4, -0.2) is 179 Å². The van der Waals surface area contributed by atoms with E-state index in [1.807, 2.05) is 4.90 Å². The minimum absolute atomic E-state index is 0.0694. The number of amides is 2. The van der Waals surface area contributed by atoms with E-state index in [0.717, 1.165) is 90.8 Å². The Hall–Kier alpha value is -2.48. The molecule has 0 aromatic heterocycles. The van der Waals surface area contributed by atoms with E-state index in [0.29, 0.717) is 43.7 Å². The molecule has 0 aromatic carbocycles. The lowest BCUT2D eigenvalue weighted by molar-refractivity contribution is -0.141. The number of piperidine rings is 2. The first kappa shape index (κ1) is 113. The second kappa shape index (κ2) is 89.8. The van der Waals surface area contributed by atoms with Crippen molar-refractivity contribution in [3.8, 4) is 0 Å². The summed E-state index contributed by atoms with van der Waals surface area (Å²) in [5.74, 6) is 1.50. The summed E-state index contributed by atoms with van der Waals surface area (Å²) in [6, 6.07) is 0. The maximum atomic E-state index is 14.3. The van der Waals surface area contributed by atoms with Gasteiger partial charge in [-0.15, -0.1) is 0 Å². The minimum atomic E-state index is -0.0947. The van der Waals surface area contributed by atoms with Gasteiger partial charge in [-0.1, -0.05) is 395 Å². The van der Waals surface area contributed by atoms with Gasteiger partial charge < -0.3 is 38.7 Å². The largest absolute Gasteiger partial charge is 0.469 e. The lowest BCUT2D eigenvalue weighted by atomic mass is 9.94. The van der Waals surface area contributed by atoms with Crippen molar-refractivity contribution in [2.75, 3.05) is 126 Å². The van der Waals surface area contributed by atoms with Crippen molar-refractivity contribution in [3.05, 3.63) is 0 Å². The smallest absolute Gasteiger partial charge is 0.409 e. The Bertz CT molecular complexity index is 2050. The molecule has 13 nitrogen and oxygen atoms in total. The van der Waals surface area contributed by atoms with Gasteiger partial charge in [0, 0.05) is 52.1 Å².